The van der Waals surface area contributed by atoms with Crippen LogP contribution < -0.4 is 0 Å². The van der Waals surface area contributed by atoms with Gasteiger partial charge in [0.15, 0.2) is 0 Å². The Morgan fingerprint density at radius 3 is 2.22 bits per heavy atom. The Morgan fingerprint density at radius 2 is 1.56 bits per heavy atom. The Balaban J connectivity index is 1.28. The zero-order chi connectivity index (χ0) is 18.8. The number of hydrogen-bond donors (Lipinski definition) is 0. The molecule has 5 heteroatoms. The molecular weight excluding hydrogens is 340 g/mol. The molecular formula is C22H22N2O3. The SMILES string of the molecule is O=C(CCCN1C(=O)c2ccccc2C1=O)N1CC[C@@H](c2ccccc2)C1. The quantitative estimate of drug-likeness (QED) is 0.768. The largest absolute Gasteiger partial charge is 0.342 e. The molecule has 3 amide bonds. The predicted molar refractivity (Wildman–Crippen MR) is 101 cm³/mol. The first-order valence-electron chi connectivity index (χ1n) is 9.43. The second kappa shape index (κ2) is 7.35. The summed E-state index contributed by atoms with van der Waals surface area (Å²) in [7, 11) is 0. The topological polar surface area (TPSA) is 57.7 Å². The molecule has 0 unspecified atom stereocenters. The number of rotatable bonds is 5. The predicted octanol–water partition coefficient (Wildman–Crippen LogP) is 3.08. The molecule has 138 valence electrons. The lowest BCUT2D eigenvalue weighted by Crippen LogP contribution is -2.33. The maximum Gasteiger partial charge on any atom is 0.261 e. The van der Waals surface area contributed by atoms with Gasteiger partial charge in [0.05, 0.1) is 11.1 Å². The third-order valence-electron chi connectivity index (χ3n) is 5.46. The van der Waals surface area contributed by atoms with Crippen LogP contribution in [0.3, 0.4) is 0 Å². The van der Waals surface area contributed by atoms with E-state index in [9.17, 15) is 14.4 Å². The number of fused-ring (bicyclic) bond motifs is 1. The second-order valence-electron chi connectivity index (χ2n) is 7.15. The molecule has 1 fully saturated rings. The van der Waals surface area contributed by atoms with Crippen molar-refractivity contribution in [2.24, 2.45) is 0 Å². The summed E-state index contributed by atoms with van der Waals surface area (Å²) in [5.41, 5.74) is 2.19. The van der Waals surface area contributed by atoms with Crippen LogP contribution in [0.5, 0.6) is 0 Å². The van der Waals surface area contributed by atoms with Crippen molar-refractivity contribution in [2.75, 3.05) is 19.6 Å². The first-order valence-corrected chi connectivity index (χ1v) is 9.43. The zero-order valence-corrected chi connectivity index (χ0v) is 15.1. The summed E-state index contributed by atoms with van der Waals surface area (Å²) < 4.78 is 0. The van der Waals surface area contributed by atoms with Crippen molar-refractivity contribution in [3.05, 3.63) is 71.3 Å². The Bertz CT molecular complexity index is 843. The third-order valence-corrected chi connectivity index (χ3v) is 5.46. The van der Waals surface area contributed by atoms with Crippen LogP contribution in [0.4, 0.5) is 0 Å². The van der Waals surface area contributed by atoms with E-state index in [2.05, 4.69) is 12.1 Å². The van der Waals surface area contributed by atoms with Gasteiger partial charge in [0.2, 0.25) is 5.91 Å². The van der Waals surface area contributed by atoms with E-state index in [-0.39, 0.29) is 24.3 Å². The van der Waals surface area contributed by atoms with Crippen molar-refractivity contribution in [1.29, 1.82) is 0 Å². The van der Waals surface area contributed by atoms with E-state index >= 15 is 0 Å². The van der Waals surface area contributed by atoms with Gasteiger partial charge >= 0.3 is 0 Å². The molecule has 1 atom stereocenters. The van der Waals surface area contributed by atoms with Crippen LogP contribution in [-0.2, 0) is 4.79 Å². The van der Waals surface area contributed by atoms with E-state index < -0.39 is 0 Å². The van der Waals surface area contributed by atoms with E-state index in [1.807, 2.05) is 23.1 Å². The van der Waals surface area contributed by atoms with Crippen LogP contribution in [0.2, 0.25) is 0 Å². The summed E-state index contributed by atoms with van der Waals surface area (Å²) in [5.74, 6) is -0.0156. The molecule has 2 aromatic carbocycles. The van der Waals surface area contributed by atoms with Gasteiger partial charge < -0.3 is 4.90 Å². The van der Waals surface area contributed by atoms with Gasteiger partial charge in [-0.2, -0.15) is 0 Å². The first kappa shape index (κ1) is 17.5. The molecule has 0 aliphatic carbocycles. The highest BCUT2D eigenvalue weighted by Crippen LogP contribution is 2.28. The molecule has 2 heterocycles. The summed E-state index contributed by atoms with van der Waals surface area (Å²) in [5, 5.41) is 0. The summed E-state index contributed by atoms with van der Waals surface area (Å²) >= 11 is 0. The van der Waals surface area contributed by atoms with Gasteiger partial charge in [0, 0.05) is 32.0 Å². The Kier molecular flexibility index (Phi) is 4.75. The third kappa shape index (κ3) is 3.37. The number of hydrogen-bond acceptors (Lipinski definition) is 3. The number of benzene rings is 2. The molecule has 0 aromatic heterocycles. The van der Waals surface area contributed by atoms with Crippen LogP contribution >= 0.6 is 0 Å². The molecule has 0 spiro atoms. The van der Waals surface area contributed by atoms with Crippen molar-refractivity contribution in [3.8, 4) is 0 Å². The maximum absolute atomic E-state index is 12.5. The van der Waals surface area contributed by atoms with Gasteiger partial charge in [-0.3, -0.25) is 19.3 Å². The Hall–Kier alpha value is -2.95. The van der Waals surface area contributed by atoms with Crippen molar-refractivity contribution < 1.29 is 14.4 Å². The zero-order valence-electron chi connectivity index (χ0n) is 15.1. The standard InChI is InChI=1S/C22H22N2O3/c25-20(23-14-12-17(15-23)16-7-2-1-3-8-16)11-6-13-24-21(26)18-9-4-5-10-19(18)22(24)27/h1-5,7-10,17H,6,11-15H2/t17-/m1/s1. The second-order valence-corrected chi connectivity index (χ2v) is 7.15. The number of carbonyl (C=O) groups excluding carboxylic acids is 3. The molecule has 0 saturated carbocycles. The first-order chi connectivity index (χ1) is 13.1. The number of imide groups is 1. The summed E-state index contributed by atoms with van der Waals surface area (Å²) in [6.45, 7) is 1.80. The lowest BCUT2D eigenvalue weighted by molar-refractivity contribution is -0.130. The number of likely N-dealkylation sites (tertiary alicyclic amines) is 1. The molecule has 1 saturated heterocycles. The minimum atomic E-state index is -0.256. The van der Waals surface area contributed by atoms with Crippen molar-refractivity contribution >= 4 is 17.7 Å². The van der Waals surface area contributed by atoms with E-state index in [0.717, 1.165) is 19.5 Å². The normalized spacial score (nSPS) is 18.9. The molecule has 0 radical (unpaired) electrons. The van der Waals surface area contributed by atoms with Gasteiger partial charge in [-0.1, -0.05) is 42.5 Å². The Labute approximate surface area is 158 Å². The van der Waals surface area contributed by atoms with E-state index in [1.54, 1.807) is 24.3 Å². The van der Waals surface area contributed by atoms with Gasteiger partial charge in [-0.25, -0.2) is 0 Å². The van der Waals surface area contributed by atoms with Crippen LogP contribution in [0.25, 0.3) is 0 Å². The average molecular weight is 362 g/mol. The van der Waals surface area contributed by atoms with Gasteiger partial charge in [-0.05, 0) is 30.5 Å². The Morgan fingerprint density at radius 1 is 0.926 bits per heavy atom. The van der Waals surface area contributed by atoms with E-state index in [1.165, 1.54) is 10.5 Å². The van der Waals surface area contributed by atoms with Gasteiger partial charge in [0.25, 0.3) is 11.8 Å². The van der Waals surface area contributed by atoms with Crippen LogP contribution in [-0.4, -0.2) is 47.2 Å². The van der Waals surface area contributed by atoms with Crippen LogP contribution in [0, 0.1) is 0 Å². The van der Waals surface area contributed by atoms with Crippen molar-refractivity contribution in [1.82, 2.24) is 9.80 Å². The molecule has 2 aromatic rings. The molecule has 4 rings (SSSR count). The molecule has 0 N–H and O–H groups in total. The van der Waals surface area contributed by atoms with E-state index in [4.69, 9.17) is 0 Å². The van der Waals surface area contributed by atoms with Crippen LogP contribution in [0.15, 0.2) is 54.6 Å². The lowest BCUT2D eigenvalue weighted by Gasteiger charge is -2.18. The minimum Gasteiger partial charge on any atom is -0.342 e. The van der Waals surface area contributed by atoms with Crippen LogP contribution in [0.1, 0.15) is 51.5 Å². The highest BCUT2D eigenvalue weighted by molar-refractivity contribution is 6.21. The van der Waals surface area contributed by atoms with E-state index in [0.29, 0.717) is 29.9 Å². The summed E-state index contributed by atoms with van der Waals surface area (Å²) in [6.07, 6.45) is 1.83. The fourth-order valence-corrected chi connectivity index (χ4v) is 3.97. The highest BCUT2D eigenvalue weighted by atomic mass is 16.2. The van der Waals surface area contributed by atoms with Crippen molar-refractivity contribution in [3.63, 3.8) is 0 Å². The monoisotopic (exact) mass is 362 g/mol. The lowest BCUT2D eigenvalue weighted by atomic mass is 9.99. The highest BCUT2D eigenvalue weighted by Gasteiger charge is 2.35. The molecule has 2 aliphatic rings. The van der Waals surface area contributed by atoms with Crippen molar-refractivity contribution in [2.45, 2.75) is 25.2 Å². The van der Waals surface area contributed by atoms with Gasteiger partial charge in [0.1, 0.15) is 0 Å². The maximum atomic E-state index is 12.5. The average Bonchev–Trinajstić information content (AvgIpc) is 3.29. The molecule has 0 bridgehead atoms. The number of nitrogens with zero attached hydrogens (tertiary/aromatic N) is 2. The fourth-order valence-electron chi connectivity index (χ4n) is 3.97. The smallest absolute Gasteiger partial charge is 0.261 e. The summed E-state index contributed by atoms with van der Waals surface area (Å²) in [4.78, 5) is 40.4. The number of amides is 3. The van der Waals surface area contributed by atoms with Gasteiger partial charge in [-0.15, -0.1) is 0 Å². The minimum absolute atomic E-state index is 0.102. The molecule has 5 nitrogen and oxygen atoms in total. The number of carbonyl (C=O) groups is 3. The molecule has 27 heavy (non-hydrogen) atoms. The summed E-state index contributed by atoms with van der Waals surface area (Å²) in [6, 6.07) is 17.1. The molecule has 2 aliphatic heterocycles. The fraction of sp³-hybridized carbons (Fsp3) is 0.318.